The number of halogens is 1. The van der Waals surface area contributed by atoms with Crippen molar-refractivity contribution < 1.29 is 0 Å². The highest BCUT2D eigenvalue weighted by molar-refractivity contribution is 7.80. The fourth-order valence-electron chi connectivity index (χ4n) is 1.50. The number of aromatic amines is 1. The number of H-pyrrole nitrogens is 1. The van der Waals surface area contributed by atoms with Crippen LogP contribution in [0.3, 0.4) is 0 Å². The summed E-state index contributed by atoms with van der Waals surface area (Å²) < 4.78 is 0. The number of rotatable bonds is 4. The SMILES string of the molecule is S=C(NCCc1cccc(Cl)c1)Nc1ncc[nH]1. The van der Waals surface area contributed by atoms with Crippen molar-refractivity contribution in [1.82, 2.24) is 15.3 Å². The molecule has 0 atom stereocenters. The van der Waals surface area contributed by atoms with Gasteiger partial charge in [-0.05, 0) is 36.3 Å². The fourth-order valence-corrected chi connectivity index (χ4v) is 1.91. The van der Waals surface area contributed by atoms with Crippen molar-refractivity contribution in [3.63, 3.8) is 0 Å². The summed E-state index contributed by atoms with van der Waals surface area (Å²) in [5, 5.41) is 7.35. The molecule has 6 heteroatoms. The molecule has 94 valence electrons. The molecule has 0 amide bonds. The molecule has 0 aliphatic heterocycles. The van der Waals surface area contributed by atoms with E-state index in [-0.39, 0.29) is 0 Å². The van der Waals surface area contributed by atoms with Crippen LogP contribution in [0.5, 0.6) is 0 Å². The molecule has 0 saturated carbocycles. The highest BCUT2D eigenvalue weighted by Gasteiger charge is 1.99. The lowest BCUT2D eigenvalue weighted by Gasteiger charge is -2.08. The van der Waals surface area contributed by atoms with Gasteiger partial charge in [0.05, 0.1) is 0 Å². The third kappa shape index (κ3) is 4.01. The minimum Gasteiger partial charge on any atom is -0.362 e. The summed E-state index contributed by atoms with van der Waals surface area (Å²) in [4.78, 5) is 6.94. The van der Waals surface area contributed by atoms with Crippen LogP contribution in [-0.4, -0.2) is 21.6 Å². The minimum absolute atomic E-state index is 0.548. The van der Waals surface area contributed by atoms with Gasteiger partial charge < -0.3 is 15.6 Å². The van der Waals surface area contributed by atoms with Gasteiger partial charge in [0, 0.05) is 24.0 Å². The highest BCUT2D eigenvalue weighted by Crippen LogP contribution is 2.10. The van der Waals surface area contributed by atoms with Gasteiger partial charge in [0.2, 0.25) is 5.95 Å². The van der Waals surface area contributed by atoms with E-state index < -0.39 is 0 Å². The van der Waals surface area contributed by atoms with Crippen LogP contribution in [0.25, 0.3) is 0 Å². The van der Waals surface area contributed by atoms with E-state index in [2.05, 4.69) is 20.6 Å². The standard InChI is InChI=1S/C12H13ClN4S/c13-10-3-1-2-9(8-10)4-5-16-12(18)17-11-14-6-7-15-11/h1-3,6-8H,4-5H2,(H3,14,15,16,17,18). The largest absolute Gasteiger partial charge is 0.362 e. The van der Waals surface area contributed by atoms with Crippen LogP contribution < -0.4 is 10.6 Å². The first-order chi connectivity index (χ1) is 8.74. The molecular formula is C12H13ClN4S. The van der Waals surface area contributed by atoms with Crippen molar-refractivity contribution >= 4 is 34.9 Å². The number of nitrogens with one attached hydrogen (secondary N) is 3. The van der Waals surface area contributed by atoms with Gasteiger partial charge in [0.1, 0.15) is 0 Å². The second-order valence-corrected chi connectivity index (χ2v) is 4.54. The maximum Gasteiger partial charge on any atom is 0.206 e. The summed E-state index contributed by atoms with van der Waals surface area (Å²) in [5.74, 6) is 0.634. The number of benzene rings is 1. The van der Waals surface area contributed by atoms with Gasteiger partial charge in [-0.2, -0.15) is 0 Å². The molecule has 3 N–H and O–H groups in total. The zero-order valence-corrected chi connectivity index (χ0v) is 11.2. The van der Waals surface area contributed by atoms with Crippen molar-refractivity contribution in [2.75, 3.05) is 11.9 Å². The predicted molar refractivity (Wildman–Crippen MR) is 78.0 cm³/mol. The maximum atomic E-state index is 5.91. The molecule has 1 aromatic heterocycles. The Balaban J connectivity index is 1.73. The minimum atomic E-state index is 0.548. The molecule has 0 saturated heterocycles. The van der Waals surface area contributed by atoms with Crippen molar-refractivity contribution in [3.05, 3.63) is 47.2 Å². The average Bonchev–Trinajstić information content (AvgIpc) is 2.82. The van der Waals surface area contributed by atoms with E-state index >= 15 is 0 Å². The Morgan fingerprint density at radius 1 is 1.44 bits per heavy atom. The molecule has 2 aromatic rings. The van der Waals surface area contributed by atoms with E-state index in [0.29, 0.717) is 11.1 Å². The quantitative estimate of drug-likeness (QED) is 0.754. The highest BCUT2D eigenvalue weighted by atomic mass is 35.5. The number of thiocarbonyl (C=S) groups is 1. The Morgan fingerprint density at radius 2 is 2.33 bits per heavy atom. The molecule has 0 unspecified atom stereocenters. The number of hydrogen-bond acceptors (Lipinski definition) is 2. The maximum absolute atomic E-state index is 5.91. The molecule has 2 rings (SSSR count). The average molecular weight is 281 g/mol. The molecule has 0 aliphatic rings. The van der Waals surface area contributed by atoms with E-state index in [0.717, 1.165) is 18.0 Å². The van der Waals surface area contributed by atoms with Crippen LogP contribution in [0.4, 0.5) is 5.95 Å². The molecule has 18 heavy (non-hydrogen) atoms. The molecule has 1 aromatic carbocycles. The van der Waals surface area contributed by atoms with Crippen LogP contribution >= 0.6 is 23.8 Å². The van der Waals surface area contributed by atoms with Crippen molar-refractivity contribution in [2.24, 2.45) is 0 Å². The Kier molecular flexibility index (Phi) is 4.55. The van der Waals surface area contributed by atoms with Crippen LogP contribution in [0.15, 0.2) is 36.7 Å². The van der Waals surface area contributed by atoms with Gasteiger partial charge in [-0.1, -0.05) is 23.7 Å². The van der Waals surface area contributed by atoms with Crippen LogP contribution in [0, 0.1) is 0 Å². The van der Waals surface area contributed by atoms with Crippen LogP contribution in [-0.2, 0) is 6.42 Å². The number of anilines is 1. The fraction of sp³-hybridized carbons (Fsp3) is 0.167. The Labute approximate surface area is 116 Å². The molecule has 1 heterocycles. The lowest BCUT2D eigenvalue weighted by Crippen LogP contribution is -2.30. The topological polar surface area (TPSA) is 52.7 Å². The lowest BCUT2D eigenvalue weighted by atomic mass is 10.1. The molecule has 0 fully saturated rings. The first-order valence-electron chi connectivity index (χ1n) is 5.53. The summed E-state index contributed by atoms with van der Waals surface area (Å²) >= 11 is 11.0. The van der Waals surface area contributed by atoms with Gasteiger partial charge >= 0.3 is 0 Å². The number of nitrogens with zero attached hydrogens (tertiary/aromatic N) is 1. The van der Waals surface area contributed by atoms with Crippen molar-refractivity contribution in [1.29, 1.82) is 0 Å². The second-order valence-electron chi connectivity index (χ2n) is 3.70. The van der Waals surface area contributed by atoms with Gasteiger partial charge in [-0.25, -0.2) is 4.98 Å². The van der Waals surface area contributed by atoms with Crippen molar-refractivity contribution in [3.8, 4) is 0 Å². The van der Waals surface area contributed by atoms with E-state index in [9.17, 15) is 0 Å². The molecule has 0 spiro atoms. The number of imidazole rings is 1. The molecule has 4 nitrogen and oxygen atoms in total. The Bertz CT molecular complexity index is 513. The summed E-state index contributed by atoms with van der Waals surface area (Å²) in [7, 11) is 0. The van der Waals surface area contributed by atoms with Gasteiger partial charge in [0.25, 0.3) is 0 Å². The predicted octanol–water partition coefficient (Wildman–Crippen LogP) is 2.59. The monoisotopic (exact) mass is 280 g/mol. The van der Waals surface area contributed by atoms with Gasteiger partial charge in [-0.15, -0.1) is 0 Å². The van der Waals surface area contributed by atoms with Gasteiger partial charge in [-0.3, -0.25) is 0 Å². The zero-order chi connectivity index (χ0) is 12.8. The van der Waals surface area contributed by atoms with Crippen molar-refractivity contribution in [2.45, 2.75) is 6.42 Å². The summed E-state index contributed by atoms with van der Waals surface area (Å²) in [6.45, 7) is 0.743. The first kappa shape index (κ1) is 12.9. The first-order valence-corrected chi connectivity index (χ1v) is 6.31. The third-order valence-electron chi connectivity index (χ3n) is 2.32. The number of hydrogen-bond donors (Lipinski definition) is 3. The van der Waals surface area contributed by atoms with E-state index in [4.69, 9.17) is 23.8 Å². The second kappa shape index (κ2) is 6.37. The summed E-state index contributed by atoms with van der Waals surface area (Å²) in [5.41, 5.74) is 1.18. The Morgan fingerprint density at radius 3 is 3.06 bits per heavy atom. The zero-order valence-electron chi connectivity index (χ0n) is 9.61. The van der Waals surface area contributed by atoms with E-state index in [1.807, 2.05) is 24.3 Å². The van der Waals surface area contributed by atoms with Crippen LogP contribution in [0.1, 0.15) is 5.56 Å². The van der Waals surface area contributed by atoms with Gasteiger partial charge in [0.15, 0.2) is 5.11 Å². The Hall–Kier alpha value is -1.59. The molecule has 0 bridgehead atoms. The third-order valence-corrected chi connectivity index (χ3v) is 2.80. The van der Waals surface area contributed by atoms with E-state index in [1.165, 1.54) is 5.56 Å². The summed E-state index contributed by atoms with van der Waals surface area (Å²) in [6.07, 6.45) is 4.26. The molecular weight excluding hydrogens is 268 g/mol. The molecule has 0 aliphatic carbocycles. The van der Waals surface area contributed by atoms with Crippen LogP contribution in [0.2, 0.25) is 5.02 Å². The smallest absolute Gasteiger partial charge is 0.206 e. The van der Waals surface area contributed by atoms with E-state index in [1.54, 1.807) is 12.4 Å². The molecule has 0 radical (unpaired) electrons. The summed E-state index contributed by atoms with van der Waals surface area (Å²) in [6, 6.07) is 7.79. The number of aromatic nitrogens is 2. The lowest BCUT2D eigenvalue weighted by molar-refractivity contribution is 0.872. The normalized spacial score (nSPS) is 10.1.